The monoisotopic (exact) mass is 275 g/mol. The second-order valence-electron chi connectivity index (χ2n) is 4.66. The Kier molecular flexibility index (Phi) is 2.32. The lowest BCUT2D eigenvalue weighted by Crippen LogP contribution is -2.20. The quantitative estimate of drug-likeness (QED) is 0.835. The summed E-state index contributed by atoms with van der Waals surface area (Å²) in [6.07, 6.45) is 0. The van der Waals surface area contributed by atoms with Crippen LogP contribution in [-0.2, 0) is 0 Å². The van der Waals surface area contributed by atoms with Crippen LogP contribution in [0, 0.1) is 0 Å². The molecular weight excluding hydrogens is 266 g/mol. The third kappa shape index (κ3) is 1.85. The zero-order valence-corrected chi connectivity index (χ0v) is 10.8. The molecule has 2 aromatic carbocycles. The van der Waals surface area contributed by atoms with E-state index in [-0.39, 0.29) is 0 Å². The molecule has 2 heterocycles. The van der Waals surface area contributed by atoms with Crippen molar-refractivity contribution in [2.45, 2.75) is 0 Å². The van der Waals surface area contributed by atoms with Gasteiger partial charge in [-0.05, 0) is 18.2 Å². The zero-order chi connectivity index (χ0) is 14.4. The number of urea groups is 1. The second-order valence-corrected chi connectivity index (χ2v) is 4.66. The van der Waals surface area contributed by atoms with Crippen molar-refractivity contribution in [1.82, 2.24) is 0 Å². The molecule has 0 radical (unpaired) electrons. The van der Waals surface area contributed by atoms with Crippen molar-refractivity contribution in [1.29, 1.82) is 0 Å². The Hall–Kier alpha value is -3.15. The van der Waals surface area contributed by atoms with Gasteiger partial charge in [-0.2, -0.15) is 9.98 Å². The van der Waals surface area contributed by atoms with Gasteiger partial charge < -0.3 is 5.73 Å². The van der Waals surface area contributed by atoms with Crippen LogP contribution in [-0.4, -0.2) is 17.7 Å². The van der Waals surface area contributed by atoms with E-state index in [9.17, 15) is 4.79 Å². The average Bonchev–Trinajstić information content (AvgIpc) is 2.99. The van der Waals surface area contributed by atoms with Gasteiger partial charge in [0.15, 0.2) is 5.84 Å². The van der Waals surface area contributed by atoms with Gasteiger partial charge in [0, 0.05) is 11.1 Å². The number of nitrogens with zero attached hydrogens (tertiary/aromatic N) is 4. The highest BCUT2D eigenvalue weighted by molar-refractivity contribution is 6.22. The maximum atomic E-state index is 11.2. The first-order valence-corrected chi connectivity index (χ1v) is 6.35. The zero-order valence-electron chi connectivity index (χ0n) is 10.8. The van der Waals surface area contributed by atoms with Crippen molar-refractivity contribution >= 4 is 23.4 Å². The van der Waals surface area contributed by atoms with Crippen LogP contribution < -0.4 is 16.4 Å². The summed E-state index contributed by atoms with van der Waals surface area (Å²) in [5.74, 6) is 1.02. The molecule has 21 heavy (non-hydrogen) atoms. The number of benzene rings is 2. The third-order valence-electron chi connectivity index (χ3n) is 3.30. The van der Waals surface area contributed by atoms with Crippen molar-refractivity contribution in [3.63, 3.8) is 0 Å². The van der Waals surface area contributed by atoms with E-state index < -0.39 is 6.03 Å². The number of fused-ring (bicyclic) bond motifs is 2. The Morgan fingerprint density at radius 2 is 1.67 bits per heavy atom. The highest BCUT2D eigenvalue weighted by Crippen LogP contribution is 2.20. The van der Waals surface area contributed by atoms with Crippen LogP contribution in [0.25, 0.3) is 0 Å². The number of carbonyl (C=O) groups is 1. The molecule has 6 nitrogen and oxygen atoms in total. The summed E-state index contributed by atoms with van der Waals surface area (Å²) in [6.45, 7) is 0. The number of amides is 2. The summed E-state index contributed by atoms with van der Waals surface area (Å²) in [4.78, 5) is 27.5. The summed E-state index contributed by atoms with van der Waals surface area (Å²) < 4.78 is 0. The fourth-order valence-electron chi connectivity index (χ4n) is 2.34. The van der Waals surface area contributed by atoms with Crippen molar-refractivity contribution in [3.8, 4) is 0 Å². The molecule has 0 bridgehead atoms. The van der Waals surface area contributed by atoms with Crippen LogP contribution in [0.1, 0.15) is 11.1 Å². The van der Waals surface area contributed by atoms with Gasteiger partial charge >= 0.3 is 6.03 Å². The minimum Gasteiger partial charge on any atom is -0.383 e. The van der Waals surface area contributed by atoms with Crippen LogP contribution >= 0.6 is 0 Å². The van der Waals surface area contributed by atoms with Gasteiger partial charge in [-0.3, -0.25) is 0 Å². The van der Waals surface area contributed by atoms with Crippen molar-refractivity contribution in [2.24, 2.45) is 25.7 Å². The molecule has 4 rings (SSSR count). The number of amidine groups is 2. The first-order chi connectivity index (χ1) is 10.2. The van der Waals surface area contributed by atoms with Gasteiger partial charge in [-0.1, -0.05) is 24.3 Å². The molecule has 0 fully saturated rings. The number of hydrogen-bond donors (Lipinski definition) is 1. The molecule has 0 atom stereocenters. The highest BCUT2D eigenvalue weighted by Gasteiger charge is 2.18. The molecule has 100 valence electrons. The molecule has 0 saturated carbocycles. The van der Waals surface area contributed by atoms with E-state index in [2.05, 4.69) is 20.0 Å². The van der Waals surface area contributed by atoms with Gasteiger partial charge in [0.2, 0.25) is 0 Å². The fraction of sp³-hybridized carbons (Fsp3) is 0. The normalized spacial score (nSPS) is 17.0. The highest BCUT2D eigenvalue weighted by atomic mass is 16.2. The Balaban J connectivity index is 1.85. The lowest BCUT2D eigenvalue weighted by molar-refractivity contribution is 0.256. The van der Waals surface area contributed by atoms with Crippen LogP contribution in [0.4, 0.5) is 10.5 Å². The number of aliphatic imine (C=N–C) groups is 2. The van der Waals surface area contributed by atoms with Gasteiger partial charge in [0.25, 0.3) is 0 Å². The first-order valence-electron chi connectivity index (χ1n) is 6.35. The van der Waals surface area contributed by atoms with Gasteiger partial charge in [-0.15, -0.1) is 0 Å². The smallest absolute Gasteiger partial charge is 0.368 e. The maximum Gasteiger partial charge on any atom is 0.368 e. The van der Waals surface area contributed by atoms with Gasteiger partial charge in [-0.25, -0.2) is 14.8 Å². The van der Waals surface area contributed by atoms with Crippen LogP contribution in [0.5, 0.6) is 0 Å². The molecule has 0 unspecified atom stereocenters. The summed E-state index contributed by atoms with van der Waals surface area (Å²) >= 11 is 0. The molecule has 2 N–H and O–H groups in total. The molecule has 0 aromatic heterocycles. The van der Waals surface area contributed by atoms with E-state index in [1.807, 2.05) is 24.3 Å². The Morgan fingerprint density at radius 3 is 2.52 bits per heavy atom. The van der Waals surface area contributed by atoms with Crippen molar-refractivity contribution in [3.05, 3.63) is 64.3 Å². The maximum absolute atomic E-state index is 11.2. The lowest BCUT2D eigenvalue weighted by atomic mass is 10.1. The van der Waals surface area contributed by atoms with Crippen LogP contribution in [0.15, 0.2) is 62.4 Å². The standard InChI is InChI=1S/C15H9N5O/c16-13-9-3-1-2-4-10(9)14(20-13)17-8-5-6-11-12(7-8)19-15(21)18-11/h1-7H,(H2,16,17,20). The largest absolute Gasteiger partial charge is 0.383 e. The lowest BCUT2D eigenvalue weighted by Gasteiger charge is -1.98. The topological polar surface area (TPSA) is 92.5 Å². The minimum atomic E-state index is -0.483. The van der Waals surface area contributed by atoms with E-state index >= 15 is 0 Å². The first kappa shape index (κ1) is 11.7. The molecule has 2 amide bonds. The summed E-state index contributed by atoms with van der Waals surface area (Å²) in [5, 5.41) is 1.10. The minimum absolute atomic E-state index is 0.459. The van der Waals surface area contributed by atoms with Gasteiger partial charge in [0.05, 0.1) is 16.4 Å². The predicted octanol–water partition coefficient (Wildman–Crippen LogP) is 0.857. The summed E-state index contributed by atoms with van der Waals surface area (Å²) in [6, 6.07) is 12.4. The Labute approximate surface area is 119 Å². The fourth-order valence-corrected chi connectivity index (χ4v) is 2.34. The van der Waals surface area contributed by atoms with Crippen LogP contribution in [0.3, 0.4) is 0 Å². The van der Waals surface area contributed by atoms with Crippen molar-refractivity contribution in [2.75, 3.05) is 0 Å². The van der Waals surface area contributed by atoms with Gasteiger partial charge in [0.1, 0.15) is 5.84 Å². The van der Waals surface area contributed by atoms with Crippen molar-refractivity contribution < 1.29 is 4.79 Å². The number of carbonyl (C=O) groups excluding carboxylic acids is 1. The number of hydrogen-bond acceptors (Lipinski definition) is 3. The second kappa shape index (κ2) is 4.17. The van der Waals surface area contributed by atoms with E-state index in [1.165, 1.54) is 0 Å². The molecule has 0 aliphatic carbocycles. The number of rotatable bonds is 1. The number of nitrogens with two attached hydrogens (primary N) is 1. The average molecular weight is 275 g/mol. The summed E-state index contributed by atoms with van der Waals surface area (Å²) in [5.41, 5.74) is 8.33. The van der Waals surface area contributed by atoms with E-state index in [0.717, 1.165) is 11.1 Å². The molecule has 2 aromatic rings. The predicted molar refractivity (Wildman–Crippen MR) is 77.5 cm³/mol. The van der Waals surface area contributed by atoms with E-state index in [0.29, 0.717) is 28.1 Å². The molecular formula is C15H9N5O. The third-order valence-corrected chi connectivity index (χ3v) is 3.30. The molecule has 6 heteroatoms. The van der Waals surface area contributed by atoms with E-state index in [1.54, 1.807) is 18.2 Å². The molecule has 0 saturated heterocycles. The Morgan fingerprint density at radius 1 is 0.905 bits per heavy atom. The molecule has 0 spiro atoms. The SMILES string of the molecule is NC1=NC(=Nc2ccc3c(c2)=NC(=O)N=3)c2ccccc21. The molecule has 2 aliphatic rings. The summed E-state index contributed by atoms with van der Waals surface area (Å²) in [7, 11) is 0. The van der Waals surface area contributed by atoms with E-state index in [4.69, 9.17) is 5.73 Å². The Bertz CT molecular complexity index is 972. The molecule has 2 aliphatic heterocycles. The van der Waals surface area contributed by atoms with Crippen LogP contribution in [0.2, 0.25) is 0 Å².